The fourth-order valence-corrected chi connectivity index (χ4v) is 9.23. The van der Waals surface area contributed by atoms with Gasteiger partial charge in [-0.3, -0.25) is 4.79 Å². The highest BCUT2D eigenvalue weighted by Gasteiger charge is 2.51. The van der Waals surface area contributed by atoms with Crippen molar-refractivity contribution in [1.29, 1.82) is 0 Å². The van der Waals surface area contributed by atoms with Crippen LogP contribution in [0.25, 0.3) is 0 Å². The summed E-state index contributed by atoms with van der Waals surface area (Å²) in [6.07, 6.45) is 27.7. The average Bonchev–Trinajstić information content (AvgIpc) is 3.32. The lowest BCUT2D eigenvalue weighted by Gasteiger charge is -2.46. The molecule has 0 aromatic heterocycles. The van der Waals surface area contributed by atoms with Crippen molar-refractivity contribution < 1.29 is 64.6 Å². The smallest absolute Gasteiger partial charge is 0.220 e. The molecule has 1 amide bonds. The molecule has 0 aromatic carbocycles. The van der Waals surface area contributed by atoms with Crippen molar-refractivity contribution in [3.05, 3.63) is 12.2 Å². The van der Waals surface area contributed by atoms with E-state index in [-0.39, 0.29) is 18.9 Å². The Morgan fingerprint density at radius 3 is 1.37 bits per heavy atom. The number of carbonyl (C=O) groups is 1. The van der Waals surface area contributed by atoms with Crippen LogP contribution in [-0.4, -0.2) is 140 Å². The van der Waals surface area contributed by atoms with Crippen LogP contribution in [0.5, 0.6) is 0 Å². The van der Waals surface area contributed by atoms with Crippen molar-refractivity contribution in [2.24, 2.45) is 0 Å². The van der Waals surface area contributed by atoms with Crippen molar-refractivity contribution in [2.75, 3.05) is 19.8 Å². The zero-order valence-electron chi connectivity index (χ0n) is 42.2. The van der Waals surface area contributed by atoms with E-state index in [9.17, 15) is 45.6 Å². The van der Waals surface area contributed by atoms with Crippen LogP contribution in [0.1, 0.15) is 226 Å². The van der Waals surface area contributed by atoms with Gasteiger partial charge in [0.1, 0.15) is 48.8 Å². The Labute approximate surface area is 406 Å². The molecule has 14 heteroatoms. The van der Waals surface area contributed by atoms with Crippen LogP contribution in [-0.2, 0) is 23.7 Å². The van der Waals surface area contributed by atoms with Gasteiger partial charge in [-0.1, -0.05) is 212 Å². The Hall–Kier alpha value is -1.27. The van der Waals surface area contributed by atoms with Gasteiger partial charge in [-0.05, 0) is 19.3 Å². The molecular weight excluding hydrogens is 859 g/mol. The summed E-state index contributed by atoms with van der Waals surface area (Å²) in [6.45, 7) is 2.70. The van der Waals surface area contributed by atoms with Gasteiger partial charge in [0.15, 0.2) is 12.6 Å². The first-order valence-corrected chi connectivity index (χ1v) is 27.4. The van der Waals surface area contributed by atoms with Crippen molar-refractivity contribution in [3.8, 4) is 0 Å². The molecule has 0 aromatic rings. The first kappa shape index (κ1) is 61.8. The summed E-state index contributed by atoms with van der Waals surface area (Å²) in [4.78, 5) is 13.0. The van der Waals surface area contributed by atoms with Crippen LogP contribution >= 0.6 is 0 Å². The predicted molar refractivity (Wildman–Crippen MR) is 263 cm³/mol. The van der Waals surface area contributed by atoms with Gasteiger partial charge in [-0.15, -0.1) is 0 Å². The molecule has 0 spiro atoms. The molecule has 396 valence electrons. The first-order valence-electron chi connectivity index (χ1n) is 27.4. The van der Waals surface area contributed by atoms with Crippen LogP contribution in [0.2, 0.25) is 0 Å². The quantitative estimate of drug-likeness (QED) is 0.0209. The number of hydrogen-bond donors (Lipinski definition) is 9. The highest BCUT2D eigenvalue weighted by molar-refractivity contribution is 5.76. The van der Waals surface area contributed by atoms with E-state index in [4.69, 9.17) is 18.9 Å². The van der Waals surface area contributed by atoms with E-state index in [0.29, 0.717) is 6.42 Å². The summed E-state index contributed by atoms with van der Waals surface area (Å²) in [7, 11) is 0. The summed E-state index contributed by atoms with van der Waals surface area (Å²) in [5.74, 6) is -0.251. The van der Waals surface area contributed by atoms with E-state index in [1.165, 1.54) is 154 Å². The number of aliphatic hydroxyl groups excluding tert-OH is 8. The molecule has 2 aliphatic heterocycles. The third-order valence-corrected chi connectivity index (χ3v) is 13.7. The monoisotopic (exact) mass is 960 g/mol. The van der Waals surface area contributed by atoms with Crippen LogP contribution < -0.4 is 5.32 Å². The number of amides is 1. The summed E-state index contributed by atoms with van der Waals surface area (Å²) in [5.41, 5.74) is 0. The molecule has 2 aliphatic rings. The molecule has 0 aliphatic carbocycles. The maximum Gasteiger partial charge on any atom is 0.220 e. The van der Waals surface area contributed by atoms with Crippen LogP contribution in [0.4, 0.5) is 0 Å². The molecule has 14 nitrogen and oxygen atoms in total. The second-order valence-corrected chi connectivity index (χ2v) is 19.7. The largest absolute Gasteiger partial charge is 0.394 e. The first-order chi connectivity index (χ1) is 32.6. The maximum absolute atomic E-state index is 13.0. The van der Waals surface area contributed by atoms with Crippen molar-refractivity contribution in [2.45, 2.75) is 299 Å². The minimum Gasteiger partial charge on any atom is -0.394 e. The Balaban J connectivity index is 1.63. The Morgan fingerprint density at radius 1 is 0.522 bits per heavy atom. The number of nitrogens with one attached hydrogen (secondary N) is 1. The summed E-state index contributed by atoms with van der Waals surface area (Å²) in [6, 6.07) is -0.906. The minimum absolute atomic E-state index is 0.251. The zero-order chi connectivity index (χ0) is 48.9. The fraction of sp³-hybridized carbons (Fsp3) is 0.943. The number of ether oxygens (including phenoxy) is 4. The number of carbonyl (C=O) groups excluding carboxylic acids is 1. The number of unbranched alkanes of at least 4 members (excludes halogenated alkanes) is 30. The van der Waals surface area contributed by atoms with Gasteiger partial charge in [-0.25, -0.2) is 0 Å². The second-order valence-electron chi connectivity index (χ2n) is 19.7. The molecule has 12 unspecified atom stereocenters. The average molecular weight is 960 g/mol. The maximum atomic E-state index is 13.0. The zero-order valence-corrected chi connectivity index (χ0v) is 42.2. The lowest BCUT2D eigenvalue weighted by atomic mass is 9.97. The van der Waals surface area contributed by atoms with E-state index in [0.717, 1.165) is 44.9 Å². The molecule has 0 bridgehead atoms. The Kier molecular flexibility index (Phi) is 37.2. The van der Waals surface area contributed by atoms with E-state index in [1.807, 2.05) is 6.08 Å². The van der Waals surface area contributed by atoms with Gasteiger partial charge < -0.3 is 65.1 Å². The van der Waals surface area contributed by atoms with E-state index in [1.54, 1.807) is 6.08 Å². The van der Waals surface area contributed by atoms with Crippen LogP contribution in [0.15, 0.2) is 12.2 Å². The van der Waals surface area contributed by atoms with E-state index < -0.39 is 86.8 Å². The minimum atomic E-state index is -1.78. The molecule has 0 radical (unpaired) electrons. The summed E-state index contributed by atoms with van der Waals surface area (Å²) >= 11 is 0. The Morgan fingerprint density at radius 2 is 0.925 bits per heavy atom. The third-order valence-electron chi connectivity index (χ3n) is 13.7. The van der Waals surface area contributed by atoms with Gasteiger partial charge in [0, 0.05) is 6.42 Å². The summed E-state index contributed by atoms with van der Waals surface area (Å²) in [5, 5.41) is 86.4. The number of hydrogen-bond acceptors (Lipinski definition) is 13. The molecule has 9 N–H and O–H groups in total. The molecular formula is C53H101NO13. The van der Waals surface area contributed by atoms with Gasteiger partial charge in [-0.2, -0.15) is 0 Å². The molecule has 2 saturated heterocycles. The molecule has 67 heavy (non-hydrogen) atoms. The van der Waals surface area contributed by atoms with E-state index >= 15 is 0 Å². The lowest BCUT2D eigenvalue weighted by molar-refractivity contribution is -0.359. The Bertz CT molecular complexity index is 1180. The number of rotatable bonds is 43. The van der Waals surface area contributed by atoms with Gasteiger partial charge in [0.05, 0.1) is 32.0 Å². The fourth-order valence-electron chi connectivity index (χ4n) is 9.23. The topological polar surface area (TPSA) is 228 Å². The highest BCUT2D eigenvalue weighted by Crippen LogP contribution is 2.30. The highest BCUT2D eigenvalue weighted by atomic mass is 16.7. The molecule has 2 rings (SSSR count). The van der Waals surface area contributed by atoms with Crippen molar-refractivity contribution in [1.82, 2.24) is 5.32 Å². The van der Waals surface area contributed by atoms with Gasteiger partial charge >= 0.3 is 0 Å². The molecule has 2 fully saturated rings. The van der Waals surface area contributed by atoms with Crippen LogP contribution in [0, 0.1) is 0 Å². The molecule has 0 saturated carbocycles. The van der Waals surface area contributed by atoms with Crippen molar-refractivity contribution in [3.63, 3.8) is 0 Å². The normalized spacial score (nSPS) is 26.6. The lowest BCUT2D eigenvalue weighted by Crippen LogP contribution is -2.65. The van der Waals surface area contributed by atoms with Crippen molar-refractivity contribution >= 4 is 5.91 Å². The van der Waals surface area contributed by atoms with Gasteiger partial charge in [0.25, 0.3) is 0 Å². The van der Waals surface area contributed by atoms with Crippen LogP contribution in [0.3, 0.4) is 0 Å². The second kappa shape index (κ2) is 40.3. The number of aliphatic hydroxyl groups is 8. The number of allylic oxidation sites excluding steroid dienone is 1. The molecule has 2 heterocycles. The standard InChI is InChI=1S/C53H101NO13/c1-3-5-7-9-10-11-12-13-14-15-16-17-18-19-20-21-22-23-24-25-26-27-28-29-30-31-33-34-36-42(57)41(54-45(58)37-35-32-8-6-4-2)40-64-52-50(63)48(61)51(44(39-56)66-52)67-53-49(62)47(60)46(59)43(38-55)65-53/h34,36,41-44,46-53,55-57,59-63H,3-33,35,37-40H2,1-2H3,(H,54,58)/b36-34+. The van der Waals surface area contributed by atoms with E-state index in [2.05, 4.69) is 19.2 Å². The molecule has 12 atom stereocenters. The summed E-state index contributed by atoms with van der Waals surface area (Å²) < 4.78 is 22.6. The predicted octanol–water partition coefficient (Wildman–Crippen LogP) is 7.94. The third kappa shape index (κ3) is 27.2. The van der Waals surface area contributed by atoms with Gasteiger partial charge in [0.2, 0.25) is 5.91 Å². The SMILES string of the molecule is CCCCCCCCCCCCCCCCCCCCCCCCCCCC/C=C/C(O)C(COC1OC(CO)C(OC2OC(CO)C(O)C(O)C2O)C(O)C1O)NC(=O)CCCCCCC.